The topological polar surface area (TPSA) is 74.5 Å². The molecular formula is C24H19FN2O4. The Labute approximate surface area is 178 Å². The van der Waals surface area contributed by atoms with Gasteiger partial charge in [0, 0.05) is 16.7 Å². The first kappa shape index (κ1) is 20.3. The van der Waals surface area contributed by atoms with Gasteiger partial charge in [0.1, 0.15) is 17.3 Å². The highest BCUT2D eigenvalue weighted by Crippen LogP contribution is 2.26. The highest BCUT2D eigenvalue weighted by Gasteiger charge is 2.17. The van der Waals surface area contributed by atoms with Crippen LogP contribution in [0, 0.1) is 5.82 Å². The van der Waals surface area contributed by atoms with Gasteiger partial charge in [-0.1, -0.05) is 0 Å². The summed E-state index contributed by atoms with van der Waals surface area (Å²) in [6, 6.07) is 19.4. The van der Waals surface area contributed by atoms with Crippen LogP contribution in [0.4, 0.5) is 4.39 Å². The van der Waals surface area contributed by atoms with Gasteiger partial charge < -0.3 is 13.9 Å². The van der Waals surface area contributed by atoms with Crippen molar-refractivity contribution in [2.24, 2.45) is 0 Å². The maximum Gasteiger partial charge on any atom is 0.257 e. The molecule has 4 rings (SSSR count). The Kier molecular flexibility index (Phi) is 5.75. The number of methoxy groups -OCH3 is 1. The first-order valence-corrected chi connectivity index (χ1v) is 9.58. The zero-order valence-electron chi connectivity index (χ0n) is 16.9. The molecule has 156 valence electrons. The van der Waals surface area contributed by atoms with E-state index in [0.717, 1.165) is 11.3 Å². The molecule has 1 aromatic heterocycles. The van der Waals surface area contributed by atoms with Gasteiger partial charge in [0.2, 0.25) is 5.89 Å². The Balaban J connectivity index is 1.42. The van der Waals surface area contributed by atoms with Gasteiger partial charge in [-0.3, -0.25) is 4.79 Å². The lowest BCUT2D eigenvalue weighted by atomic mass is 10.0. The van der Waals surface area contributed by atoms with E-state index in [-0.39, 0.29) is 11.6 Å². The molecule has 0 N–H and O–H groups in total. The minimum atomic E-state index is -0.488. The molecule has 0 radical (unpaired) electrons. The Morgan fingerprint density at radius 3 is 2.06 bits per heavy atom. The number of ketones is 1. The Hall–Kier alpha value is -4.00. The SMILES string of the molecule is COc1ccc(-c2nnc([C@H](C)Oc3ccc(C(=O)c4ccc(F)cc4)cc3)o2)cc1. The van der Waals surface area contributed by atoms with Gasteiger partial charge in [-0.05, 0) is 79.7 Å². The fourth-order valence-electron chi connectivity index (χ4n) is 2.96. The molecule has 0 spiro atoms. The van der Waals surface area contributed by atoms with E-state index in [1.165, 1.54) is 24.3 Å². The molecule has 3 aromatic carbocycles. The van der Waals surface area contributed by atoms with Crippen LogP contribution in [0.5, 0.6) is 11.5 Å². The van der Waals surface area contributed by atoms with E-state index >= 15 is 0 Å². The molecule has 7 heteroatoms. The number of aromatic nitrogens is 2. The van der Waals surface area contributed by atoms with Crippen LogP contribution in [0.15, 0.2) is 77.2 Å². The molecule has 6 nitrogen and oxygen atoms in total. The van der Waals surface area contributed by atoms with Crippen molar-refractivity contribution < 1.29 is 23.1 Å². The fourth-order valence-corrected chi connectivity index (χ4v) is 2.96. The summed E-state index contributed by atoms with van der Waals surface area (Å²) in [5.41, 5.74) is 1.67. The number of hydrogen-bond acceptors (Lipinski definition) is 6. The van der Waals surface area contributed by atoms with Gasteiger partial charge in [-0.25, -0.2) is 4.39 Å². The average molecular weight is 418 g/mol. The maximum absolute atomic E-state index is 13.0. The molecule has 0 saturated carbocycles. The molecule has 0 aliphatic carbocycles. The Bertz CT molecular complexity index is 1170. The minimum absolute atomic E-state index is 0.194. The molecule has 1 atom stereocenters. The van der Waals surface area contributed by atoms with Crippen LogP contribution in [-0.4, -0.2) is 23.1 Å². The van der Waals surface area contributed by atoms with Crippen LogP contribution >= 0.6 is 0 Å². The second-order valence-corrected chi connectivity index (χ2v) is 6.79. The number of carbonyl (C=O) groups is 1. The molecule has 0 aliphatic rings. The van der Waals surface area contributed by atoms with Crippen LogP contribution in [0.2, 0.25) is 0 Å². The monoisotopic (exact) mass is 418 g/mol. The summed E-state index contributed by atoms with van der Waals surface area (Å²) in [5, 5.41) is 8.14. The summed E-state index contributed by atoms with van der Waals surface area (Å²) in [4.78, 5) is 12.5. The van der Waals surface area contributed by atoms with Crippen molar-refractivity contribution in [1.29, 1.82) is 0 Å². The van der Waals surface area contributed by atoms with Gasteiger partial charge >= 0.3 is 0 Å². The van der Waals surface area contributed by atoms with E-state index in [1.54, 1.807) is 38.3 Å². The Morgan fingerprint density at radius 1 is 0.871 bits per heavy atom. The number of rotatable bonds is 7. The molecule has 0 saturated heterocycles. The molecule has 0 fully saturated rings. The smallest absolute Gasteiger partial charge is 0.257 e. The number of benzene rings is 3. The van der Waals surface area contributed by atoms with E-state index in [0.29, 0.717) is 28.7 Å². The highest BCUT2D eigenvalue weighted by atomic mass is 19.1. The van der Waals surface area contributed by atoms with Crippen LogP contribution in [-0.2, 0) is 0 Å². The zero-order valence-corrected chi connectivity index (χ0v) is 16.9. The summed E-state index contributed by atoms with van der Waals surface area (Å²) < 4.78 is 29.8. The summed E-state index contributed by atoms with van der Waals surface area (Å²) in [7, 11) is 1.60. The molecular weight excluding hydrogens is 399 g/mol. The summed E-state index contributed by atoms with van der Waals surface area (Å²) >= 11 is 0. The average Bonchev–Trinajstić information content (AvgIpc) is 3.30. The third-order valence-corrected chi connectivity index (χ3v) is 4.66. The largest absolute Gasteiger partial charge is 0.497 e. The summed E-state index contributed by atoms with van der Waals surface area (Å²) in [6.45, 7) is 1.79. The molecule has 1 heterocycles. The summed E-state index contributed by atoms with van der Waals surface area (Å²) in [6.07, 6.45) is -0.488. The Morgan fingerprint density at radius 2 is 1.45 bits per heavy atom. The lowest BCUT2D eigenvalue weighted by molar-refractivity contribution is 0.103. The number of carbonyl (C=O) groups excluding carboxylic acids is 1. The van der Waals surface area contributed by atoms with Crippen molar-refractivity contribution in [2.45, 2.75) is 13.0 Å². The van der Waals surface area contributed by atoms with E-state index < -0.39 is 6.10 Å². The standard InChI is InChI=1S/C24H19FN2O4/c1-15(23-26-27-24(31-23)18-7-11-20(29-2)12-8-18)30-21-13-5-17(6-14-21)22(28)16-3-9-19(25)10-4-16/h3-15H,1-2H3/t15-/m0/s1. The lowest BCUT2D eigenvalue weighted by Crippen LogP contribution is -2.05. The minimum Gasteiger partial charge on any atom is -0.497 e. The van der Waals surface area contributed by atoms with Crippen molar-refractivity contribution in [3.05, 3.63) is 95.6 Å². The number of ether oxygens (including phenoxy) is 2. The van der Waals surface area contributed by atoms with Crippen LogP contribution in [0.1, 0.15) is 34.8 Å². The molecule has 4 aromatic rings. The molecule has 0 bridgehead atoms. The second kappa shape index (κ2) is 8.79. The van der Waals surface area contributed by atoms with Gasteiger partial charge in [0.05, 0.1) is 7.11 Å². The number of hydrogen-bond donors (Lipinski definition) is 0. The van der Waals surface area contributed by atoms with Crippen molar-refractivity contribution in [3.8, 4) is 23.0 Å². The van der Waals surface area contributed by atoms with Gasteiger partial charge in [0.25, 0.3) is 5.89 Å². The summed E-state index contributed by atoms with van der Waals surface area (Å²) in [5.74, 6) is 1.42. The molecule has 0 amide bonds. The van der Waals surface area contributed by atoms with Crippen LogP contribution < -0.4 is 9.47 Å². The first-order chi connectivity index (χ1) is 15.0. The van der Waals surface area contributed by atoms with E-state index in [2.05, 4.69) is 10.2 Å². The van der Waals surface area contributed by atoms with Gasteiger partial charge in [-0.15, -0.1) is 10.2 Å². The van der Waals surface area contributed by atoms with Crippen molar-refractivity contribution in [3.63, 3.8) is 0 Å². The third-order valence-electron chi connectivity index (χ3n) is 4.66. The molecule has 31 heavy (non-hydrogen) atoms. The number of halogens is 1. The number of nitrogens with zero attached hydrogens (tertiary/aromatic N) is 2. The van der Waals surface area contributed by atoms with Crippen LogP contribution in [0.3, 0.4) is 0 Å². The van der Waals surface area contributed by atoms with E-state index in [1.807, 2.05) is 24.3 Å². The van der Waals surface area contributed by atoms with Gasteiger partial charge in [0.15, 0.2) is 11.9 Å². The third kappa shape index (κ3) is 4.61. The molecule has 0 unspecified atom stereocenters. The predicted molar refractivity (Wildman–Crippen MR) is 112 cm³/mol. The van der Waals surface area contributed by atoms with Crippen molar-refractivity contribution in [2.75, 3.05) is 7.11 Å². The fraction of sp³-hybridized carbons (Fsp3) is 0.125. The quantitative estimate of drug-likeness (QED) is 0.381. The second-order valence-electron chi connectivity index (χ2n) is 6.79. The zero-order chi connectivity index (χ0) is 21.8. The maximum atomic E-state index is 13.0. The van der Waals surface area contributed by atoms with Crippen molar-refractivity contribution >= 4 is 5.78 Å². The van der Waals surface area contributed by atoms with Gasteiger partial charge in [-0.2, -0.15) is 0 Å². The lowest BCUT2D eigenvalue weighted by Gasteiger charge is -2.11. The normalized spacial score (nSPS) is 11.7. The van der Waals surface area contributed by atoms with Crippen molar-refractivity contribution in [1.82, 2.24) is 10.2 Å². The highest BCUT2D eigenvalue weighted by molar-refractivity contribution is 6.08. The van der Waals surface area contributed by atoms with Crippen LogP contribution in [0.25, 0.3) is 11.5 Å². The van der Waals surface area contributed by atoms with E-state index in [4.69, 9.17) is 13.9 Å². The first-order valence-electron chi connectivity index (χ1n) is 9.58. The van der Waals surface area contributed by atoms with E-state index in [9.17, 15) is 9.18 Å². The molecule has 0 aliphatic heterocycles. The predicted octanol–water partition coefficient (Wildman–Crippen LogP) is 5.26.